The Bertz CT molecular complexity index is 853. The molecule has 0 saturated heterocycles. The van der Waals surface area contributed by atoms with Crippen LogP contribution in [-0.4, -0.2) is 24.0 Å². The molecule has 2 rings (SSSR count). The fourth-order valence-corrected chi connectivity index (χ4v) is 2.41. The zero-order valence-electron chi connectivity index (χ0n) is 16.4. The third-order valence-corrected chi connectivity index (χ3v) is 4.06. The quantitative estimate of drug-likeness (QED) is 0.684. The van der Waals surface area contributed by atoms with Crippen molar-refractivity contribution in [3.8, 4) is 0 Å². The van der Waals surface area contributed by atoms with Gasteiger partial charge in [0.25, 0.3) is 5.91 Å². The van der Waals surface area contributed by atoms with Gasteiger partial charge in [0, 0.05) is 11.4 Å². The van der Waals surface area contributed by atoms with E-state index in [9.17, 15) is 14.4 Å². The van der Waals surface area contributed by atoms with Gasteiger partial charge in [0.1, 0.15) is 0 Å². The van der Waals surface area contributed by atoms with E-state index in [1.54, 1.807) is 0 Å². The summed E-state index contributed by atoms with van der Waals surface area (Å²) in [5.41, 5.74) is 7.54. The minimum atomic E-state index is -0.974. The van der Waals surface area contributed by atoms with Gasteiger partial charge in [-0.15, -0.1) is 0 Å². The Balaban J connectivity index is 1.94. The summed E-state index contributed by atoms with van der Waals surface area (Å²) >= 11 is 0. The van der Waals surface area contributed by atoms with E-state index in [1.165, 1.54) is 31.2 Å². The van der Waals surface area contributed by atoms with E-state index in [-0.39, 0.29) is 11.0 Å². The summed E-state index contributed by atoms with van der Waals surface area (Å²) in [6, 6.07) is 12.8. The van der Waals surface area contributed by atoms with Crippen molar-refractivity contribution in [1.29, 1.82) is 0 Å². The van der Waals surface area contributed by atoms with Gasteiger partial charge >= 0.3 is 12.0 Å². The first-order valence-electron chi connectivity index (χ1n) is 8.85. The minimum Gasteiger partial charge on any atom is -0.449 e. The lowest BCUT2D eigenvalue weighted by Gasteiger charge is -2.19. The lowest BCUT2D eigenvalue weighted by atomic mass is 9.87. The molecule has 7 nitrogen and oxygen atoms in total. The van der Waals surface area contributed by atoms with Gasteiger partial charge < -0.3 is 21.1 Å². The lowest BCUT2D eigenvalue weighted by Crippen LogP contribution is -2.30. The van der Waals surface area contributed by atoms with Crippen molar-refractivity contribution in [2.45, 2.75) is 39.2 Å². The number of nitrogens with two attached hydrogens (primary N) is 1. The highest BCUT2D eigenvalue weighted by molar-refractivity contribution is 5.97. The number of hydrogen-bond donors (Lipinski definition) is 3. The van der Waals surface area contributed by atoms with E-state index in [0.29, 0.717) is 11.4 Å². The maximum absolute atomic E-state index is 12.3. The number of nitrogens with one attached hydrogen (secondary N) is 2. The molecular weight excluding hydrogens is 358 g/mol. The molecule has 0 heterocycles. The fourth-order valence-electron chi connectivity index (χ4n) is 2.41. The number of ether oxygens (including phenoxy) is 1. The summed E-state index contributed by atoms with van der Waals surface area (Å²) in [5.74, 6) is -1.07. The Morgan fingerprint density at radius 1 is 0.893 bits per heavy atom. The predicted octanol–water partition coefficient (Wildman–Crippen LogP) is 3.66. The summed E-state index contributed by atoms with van der Waals surface area (Å²) in [6.45, 7) is 7.83. The molecule has 7 heteroatoms. The van der Waals surface area contributed by atoms with Crippen molar-refractivity contribution >= 4 is 29.3 Å². The number of rotatable bonds is 5. The number of amides is 3. The molecule has 28 heavy (non-hydrogen) atoms. The second kappa shape index (κ2) is 8.56. The largest absolute Gasteiger partial charge is 0.449 e. The third-order valence-electron chi connectivity index (χ3n) is 4.06. The van der Waals surface area contributed by atoms with Gasteiger partial charge in [-0.3, -0.25) is 4.79 Å². The van der Waals surface area contributed by atoms with Crippen molar-refractivity contribution < 1.29 is 19.1 Å². The SMILES string of the molecule is CC(OC(=O)c1ccc(NC(N)=O)cc1)C(=O)Nc1ccc(C(C)(C)C)cc1. The van der Waals surface area contributed by atoms with Gasteiger partial charge in [0.15, 0.2) is 6.10 Å². The molecule has 0 aromatic heterocycles. The van der Waals surface area contributed by atoms with E-state index in [2.05, 4.69) is 31.4 Å². The second-order valence-electron chi connectivity index (χ2n) is 7.43. The van der Waals surface area contributed by atoms with Crippen LogP contribution in [0.2, 0.25) is 0 Å². The molecule has 0 aliphatic rings. The van der Waals surface area contributed by atoms with Crippen LogP contribution in [0.4, 0.5) is 16.2 Å². The molecule has 0 bridgehead atoms. The number of carbonyl (C=O) groups excluding carboxylic acids is 3. The first-order chi connectivity index (χ1) is 13.1. The standard InChI is InChI=1S/C21H25N3O4/c1-13(18(25)23-16-11-7-15(8-12-16)21(2,3)4)28-19(26)14-5-9-17(10-6-14)24-20(22)27/h5-13H,1-4H3,(H,23,25)(H3,22,24,27). The molecule has 0 fully saturated rings. The van der Waals surface area contributed by atoms with Crippen LogP contribution in [0.1, 0.15) is 43.6 Å². The van der Waals surface area contributed by atoms with Crippen LogP contribution in [0, 0.1) is 0 Å². The molecule has 3 amide bonds. The maximum atomic E-state index is 12.3. The summed E-state index contributed by atoms with van der Waals surface area (Å²) in [6.07, 6.45) is -0.974. The Morgan fingerprint density at radius 2 is 1.39 bits per heavy atom. The Kier molecular flexibility index (Phi) is 6.41. The number of hydrogen-bond acceptors (Lipinski definition) is 4. The van der Waals surface area contributed by atoms with Gasteiger partial charge in [0.2, 0.25) is 0 Å². The summed E-state index contributed by atoms with van der Waals surface area (Å²) < 4.78 is 5.21. The zero-order chi connectivity index (χ0) is 20.9. The maximum Gasteiger partial charge on any atom is 0.338 e. The number of primary amides is 1. The highest BCUT2D eigenvalue weighted by Gasteiger charge is 2.19. The lowest BCUT2D eigenvalue weighted by molar-refractivity contribution is -0.123. The molecule has 0 aliphatic carbocycles. The number of anilines is 2. The summed E-state index contributed by atoms with van der Waals surface area (Å²) in [7, 11) is 0. The van der Waals surface area contributed by atoms with Crippen molar-refractivity contribution in [2.24, 2.45) is 5.73 Å². The zero-order valence-corrected chi connectivity index (χ0v) is 16.4. The van der Waals surface area contributed by atoms with Crippen LogP contribution < -0.4 is 16.4 Å². The van der Waals surface area contributed by atoms with Crippen molar-refractivity contribution in [2.75, 3.05) is 10.6 Å². The summed E-state index contributed by atoms with van der Waals surface area (Å²) in [5, 5.41) is 5.12. The first kappa shape index (κ1) is 21.0. The van der Waals surface area contributed by atoms with Crippen molar-refractivity contribution in [3.05, 3.63) is 59.7 Å². The molecule has 0 aliphatic heterocycles. The number of esters is 1. The van der Waals surface area contributed by atoms with Gasteiger partial charge in [-0.1, -0.05) is 32.9 Å². The Morgan fingerprint density at radius 3 is 1.89 bits per heavy atom. The molecule has 0 saturated carbocycles. The Labute approximate surface area is 164 Å². The highest BCUT2D eigenvalue weighted by Crippen LogP contribution is 2.23. The topological polar surface area (TPSA) is 111 Å². The van der Waals surface area contributed by atoms with Gasteiger partial charge in [0.05, 0.1) is 5.56 Å². The summed E-state index contributed by atoms with van der Waals surface area (Å²) in [4.78, 5) is 35.3. The molecular formula is C21H25N3O4. The second-order valence-corrected chi connectivity index (χ2v) is 7.43. The number of carbonyl (C=O) groups is 3. The molecule has 0 radical (unpaired) electrons. The van der Waals surface area contributed by atoms with E-state index in [4.69, 9.17) is 10.5 Å². The normalized spacial score (nSPS) is 12.0. The van der Waals surface area contributed by atoms with Crippen LogP contribution >= 0.6 is 0 Å². The van der Waals surface area contributed by atoms with E-state index >= 15 is 0 Å². The fraction of sp³-hybridized carbons (Fsp3) is 0.286. The number of benzene rings is 2. The van der Waals surface area contributed by atoms with Crippen LogP contribution in [-0.2, 0) is 14.9 Å². The molecule has 0 spiro atoms. The average Bonchev–Trinajstić information content (AvgIpc) is 2.61. The van der Waals surface area contributed by atoms with Crippen LogP contribution in [0.5, 0.6) is 0 Å². The van der Waals surface area contributed by atoms with E-state index in [1.807, 2.05) is 24.3 Å². The van der Waals surface area contributed by atoms with Gasteiger partial charge in [-0.25, -0.2) is 9.59 Å². The van der Waals surface area contributed by atoms with E-state index < -0.39 is 24.0 Å². The highest BCUT2D eigenvalue weighted by atomic mass is 16.5. The predicted molar refractivity (Wildman–Crippen MR) is 108 cm³/mol. The number of urea groups is 1. The Hall–Kier alpha value is -3.35. The van der Waals surface area contributed by atoms with Crippen LogP contribution in [0.15, 0.2) is 48.5 Å². The molecule has 1 atom stereocenters. The monoisotopic (exact) mass is 383 g/mol. The molecule has 148 valence electrons. The molecule has 1 unspecified atom stereocenters. The molecule has 2 aromatic carbocycles. The molecule has 4 N–H and O–H groups in total. The third kappa shape index (κ3) is 5.84. The smallest absolute Gasteiger partial charge is 0.338 e. The average molecular weight is 383 g/mol. The van der Waals surface area contributed by atoms with Crippen molar-refractivity contribution in [1.82, 2.24) is 0 Å². The van der Waals surface area contributed by atoms with Gasteiger partial charge in [-0.05, 0) is 54.3 Å². The van der Waals surface area contributed by atoms with Crippen LogP contribution in [0.3, 0.4) is 0 Å². The minimum absolute atomic E-state index is 0.0217. The van der Waals surface area contributed by atoms with Crippen molar-refractivity contribution in [3.63, 3.8) is 0 Å². The van der Waals surface area contributed by atoms with E-state index in [0.717, 1.165) is 5.56 Å². The van der Waals surface area contributed by atoms with Gasteiger partial charge in [-0.2, -0.15) is 0 Å². The first-order valence-corrected chi connectivity index (χ1v) is 8.85. The molecule has 2 aromatic rings. The van der Waals surface area contributed by atoms with Crippen LogP contribution in [0.25, 0.3) is 0 Å².